The van der Waals surface area contributed by atoms with E-state index in [0.29, 0.717) is 6.42 Å². The van der Waals surface area contributed by atoms with Gasteiger partial charge in [-0.25, -0.2) is 0 Å². The van der Waals surface area contributed by atoms with Crippen molar-refractivity contribution in [3.63, 3.8) is 0 Å². The van der Waals surface area contributed by atoms with Crippen LogP contribution >= 0.6 is 0 Å². The Morgan fingerprint density at radius 1 is 1.48 bits per heavy atom. The Morgan fingerprint density at radius 3 is 2.76 bits per heavy atom. The summed E-state index contributed by atoms with van der Waals surface area (Å²) in [7, 11) is 0. The second-order valence-electron chi connectivity index (χ2n) is 5.23. The number of rotatable bonds is 7. The van der Waals surface area contributed by atoms with Crippen LogP contribution in [0.25, 0.3) is 0 Å². The molecule has 1 aromatic heterocycles. The summed E-state index contributed by atoms with van der Waals surface area (Å²) >= 11 is 0. The van der Waals surface area contributed by atoms with Gasteiger partial charge in [0.2, 0.25) is 5.91 Å². The first kappa shape index (κ1) is 18.3. The lowest BCUT2D eigenvalue weighted by Gasteiger charge is -2.17. The summed E-state index contributed by atoms with van der Waals surface area (Å²) in [6.45, 7) is 0.398. The Balaban J connectivity index is 2.24. The lowest BCUT2D eigenvalue weighted by Crippen LogP contribution is -2.26. The number of benzene rings is 1. The number of nitrogens with one attached hydrogen (secondary N) is 1. The molecule has 0 bridgehead atoms. The van der Waals surface area contributed by atoms with Gasteiger partial charge in [0.15, 0.2) is 0 Å². The van der Waals surface area contributed by atoms with E-state index >= 15 is 0 Å². The summed E-state index contributed by atoms with van der Waals surface area (Å²) in [6.07, 6.45) is 2.47. The van der Waals surface area contributed by atoms with E-state index in [1.54, 1.807) is 19.9 Å². The smallest absolute Gasteiger partial charge is 0.387 e. The minimum atomic E-state index is -3.03. The van der Waals surface area contributed by atoms with E-state index in [1.807, 2.05) is 0 Å². The van der Waals surface area contributed by atoms with Gasteiger partial charge in [-0.1, -0.05) is 13.0 Å². The maximum Gasteiger partial charge on any atom is 0.387 e. The maximum atomic E-state index is 12.5. The van der Waals surface area contributed by atoms with Crippen LogP contribution in [0, 0.1) is 17.0 Å². The van der Waals surface area contributed by atoms with Crippen molar-refractivity contribution in [3.05, 3.63) is 46.3 Å². The van der Waals surface area contributed by atoms with Gasteiger partial charge in [0.1, 0.15) is 24.2 Å². The van der Waals surface area contributed by atoms with E-state index in [9.17, 15) is 23.7 Å². The Bertz CT molecular complexity index is 779. The molecule has 0 saturated heterocycles. The predicted octanol–water partition coefficient (Wildman–Crippen LogP) is 3.29. The highest BCUT2D eigenvalue weighted by Gasteiger charge is 2.23. The average molecular weight is 354 g/mol. The Morgan fingerprint density at radius 2 is 2.20 bits per heavy atom. The first-order valence-corrected chi connectivity index (χ1v) is 7.36. The van der Waals surface area contributed by atoms with Gasteiger partial charge in [0, 0.05) is 0 Å². The van der Waals surface area contributed by atoms with Gasteiger partial charge >= 0.3 is 12.3 Å². The van der Waals surface area contributed by atoms with E-state index in [4.69, 9.17) is 0 Å². The van der Waals surface area contributed by atoms with Crippen LogP contribution in [0.4, 0.5) is 20.2 Å². The zero-order valence-corrected chi connectivity index (χ0v) is 13.5. The number of ether oxygens (including phenoxy) is 1. The van der Waals surface area contributed by atoms with Crippen molar-refractivity contribution >= 4 is 17.3 Å². The molecule has 0 aliphatic carbocycles. The Kier molecular flexibility index (Phi) is 5.63. The van der Waals surface area contributed by atoms with Crippen LogP contribution in [0.5, 0.6) is 5.75 Å². The van der Waals surface area contributed by atoms with Crippen LogP contribution < -0.4 is 10.1 Å². The van der Waals surface area contributed by atoms with Gasteiger partial charge in [-0.2, -0.15) is 13.9 Å². The summed E-state index contributed by atoms with van der Waals surface area (Å²) in [5.74, 6) is -0.722. The molecule has 2 rings (SSSR count). The number of aromatic nitrogens is 2. The molecule has 10 heteroatoms. The van der Waals surface area contributed by atoms with Gasteiger partial charge in [0.05, 0.1) is 10.6 Å². The zero-order valence-electron chi connectivity index (χ0n) is 13.5. The van der Waals surface area contributed by atoms with Crippen LogP contribution in [-0.2, 0) is 4.79 Å². The number of carbonyl (C=O) groups is 1. The number of hydrogen-bond acceptors (Lipinski definition) is 5. The second-order valence-corrected chi connectivity index (χ2v) is 5.23. The van der Waals surface area contributed by atoms with Crippen LogP contribution in [0.3, 0.4) is 0 Å². The molecule has 0 spiro atoms. The molecular weight excluding hydrogens is 338 g/mol. The third-order valence-electron chi connectivity index (χ3n) is 3.42. The molecule has 0 radical (unpaired) electrons. The van der Waals surface area contributed by atoms with Crippen LogP contribution in [0.1, 0.15) is 24.9 Å². The van der Waals surface area contributed by atoms with E-state index < -0.39 is 23.5 Å². The molecule has 1 N–H and O–H groups in total. The SMILES string of the molecule is CCC(C(=O)Nc1cc(C)ccc1OC(F)F)n1cc([N+](=O)[O-])cn1. The maximum absolute atomic E-state index is 12.5. The van der Waals surface area contributed by atoms with Crippen molar-refractivity contribution in [2.75, 3.05) is 5.32 Å². The number of aryl methyl sites for hydroxylation is 1. The fourth-order valence-corrected chi connectivity index (χ4v) is 2.24. The second kappa shape index (κ2) is 7.69. The quantitative estimate of drug-likeness (QED) is 0.607. The first-order valence-electron chi connectivity index (χ1n) is 7.36. The molecule has 2 aromatic rings. The van der Waals surface area contributed by atoms with Crippen molar-refractivity contribution in [2.45, 2.75) is 32.9 Å². The molecule has 1 amide bonds. The number of anilines is 1. The number of nitrogens with zero attached hydrogens (tertiary/aromatic N) is 3. The largest absolute Gasteiger partial charge is 0.433 e. The number of halogens is 2. The van der Waals surface area contributed by atoms with Crippen molar-refractivity contribution in [1.29, 1.82) is 0 Å². The molecule has 8 nitrogen and oxygen atoms in total. The van der Waals surface area contributed by atoms with Gasteiger partial charge in [-0.15, -0.1) is 0 Å². The summed E-state index contributed by atoms with van der Waals surface area (Å²) in [5.41, 5.74) is 0.577. The number of amides is 1. The number of carbonyl (C=O) groups excluding carboxylic acids is 1. The molecule has 25 heavy (non-hydrogen) atoms. The summed E-state index contributed by atoms with van der Waals surface area (Å²) < 4.78 is 30.5. The molecule has 1 heterocycles. The minimum Gasteiger partial charge on any atom is -0.433 e. The van der Waals surface area contributed by atoms with E-state index in [2.05, 4.69) is 15.2 Å². The monoisotopic (exact) mass is 354 g/mol. The number of alkyl halides is 2. The topological polar surface area (TPSA) is 99.3 Å². The fraction of sp³-hybridized carbons (Fsp3) is 0.333. The standard InChI is InChI=1S/C15H16F2N4O4/c1-3-12(20-8-10(7-18-20)21(23)24)14(22)19-11-6-9(2)4-5-13(11)25-15(16)17/h4-8,12,15H,3H2,1-2H3,(H,19,22). The molecule has 134 valence electrons. The highest BCUT2D eigenvalue weighted by molar-refractivity contribution is 5.95. The molecule has 1 atom stereocenters. The molecule has 0 fully saturated rings. The third kappa shape index (κ3) is 4.49. The number of hydrogen-bond donors (Lipinski definition) is 1. The Hall–Kier alpha value is -3.04. The van der Waals surface area contributed by atoms with E-state index in [-0.39, 0.29) is 17.1 Å². The van der Waals surface area contributed by atoms with E-state index in [1.165, 1.54) is 12.1 Å². The van der Waals surface area contributed by atoms with Crippen molar-refractivity contribution in [1.82, 2.24) is 9.78 Å². The number of nitro groups is 1. The van der Waals surface area contributed by atoms with Gasteiger partial charge < -0.3 is 10.1 Å². The zero-order chi connectivity index (χ0) is 18.6. The molecule has 0 aliphatic heterocycles. The van der Waals surface area contributed by atoms with Crippen molar-refractivity contribution in [3.8, 4) is 5.75 Å². The molecule has 0 saturated carbocycles. The van der Waals surface area contributed by atoms with Crippen molar-refractivity contribution in [2.24, 2.45) is 0 Å². The van der Waals surface area contributed by atoms with Crippen LogP contribution in [0.15, 0.2) is 30.6 Å². The summed E-state index contributed by atoms with van der Waals surface area (Å²) in [6, 6.07) is 3.56. The van der Waals surface area contributed by atoms with Gasteiger partial charge in [0.25, 0.3) is 0 Å². The predicted molar refractivity (Wildman–Crippen MR) is 84.7 cm³/mol. The highest BCUT2D eigenvalue weighted by Crippen LogP contribution is 2.28. The van der Waals surface area contributed by atoms with Crippen molar-refractivity contribution < 1.29 is 23.2 Å². The molecular formula is C15H16F2N4O4. The summed E-state index contributed by atoms with van der Waals surface area (Å²) in [5, 5.41) is 17.1. The Labute approximate surface area is 141 Å². The lowest BCUT2D eigenvalue weighted by molar-refractivity contribution is -0.385. The average Bonchev–Trinajstić information content (AvgIpc) is 3.00. The lowest BCUT2D eigenvalue weighted by atomic mass is 10.1. The highest BCUT2D eigenvalue weighted by atomic mass is 19.3. The van der Waals surface area contributed by atoms with Gasteiger partial charge in [-0.05, 0) is 31.0 Å². The minimum absolute atomic E-state index is 0.0883. The molecule has 0 aliphatic rings. The normalized spacial score (nSPS) is 12.0. The van der Waals surface area contributed by atoms with E-state index in [0.717, 1.165) is 22.6 Å². The molecule has 1 aromatic carbocycles. The van der Waals surface area contributed by atoms with Crippen LogP contribution in [-0.4, -0.2) is 27.2 Å². The third-order valence-corrected chi connectivity index (χ3v) is 3.42. The van der Waals surface area contributed by atoms with Gasteiger partial charge in [-0.3, -0.25) is 19.6 Å². The molecule has 1 unspecified atom stereocenters. The van der Waals surface area contributed by atoms with Crippen LogP contribution in [0.2, 0.25) is 0 Å². The first-order chi connectivity index (χ1) is 11.8. The summed E-state index contributed by atoms with van der Waals surface area (Å²) in [4.78, 5) is 22.6. The fourth-order valence-electron chi connectivity index (χ4n) is 2.24.